The SMILES string of the molecule is CC(C)C[C@H](C(=O)N1CC=C(c2ccccc2)CC1)N1Cc2ccccc2C1=O. The molecule has 2 aromatic rings. The van der Waals surface area contributed by atoms with E-state index >= 15 is 0 Å². The summed E-state index contributed by atoms with van der Waals surface area (Å²) in [5, 5.41) is 0. The first-order valence-electron chi connectivity index (χ1n) is 10.5. The van der Waals surface area contributed by atoms with Crippen LogP contribution in [-0.4, -0.2) is 40.7 Å². The molecule has 4 heteroatoms. The maximum Gasteiger partial charge on any atom is 0.255 e. The lowest BCUT2D eigenvalue weighted by molar-refractivity contribution is -0.136. The third-order valence-electron chi connectivity index (χ3n) is 5.87. The molecule has 0 bridgehead atoms. The van der Waals surface area contributed by atoms with Crippen LogP contribution in [0, 0.1) is 5.92 Å². The van der Waals surface area contributed by atoms with Crippen LogP contribution in [0.15, 0.2) is 60.7 Å². The predicted molar refractivity (Wildman–Crippen MR) is 115 cm³/mol. The maximum absolute atomic E-state index is 13.5. The number of nitrogens with zero attached hydrogens (tertiary/aromatic N) is 2. The van der Waals surface area contributed by atoms with Crippen molar-refractivity contribution in [2.75, 3.05) is 13.1 Å². The van der Waals surface area contributed by atoms with Crippen LogP contribution in [0.2, 0.25) is 0 Å². The van der Waals surface area contributed by atoms with E-state index in [9.17, 15) is 9.59 Å². The largest absolute Gasteiger partial charge is 0.337 e. The fourth-order valence-corrected chi connectivity index (χ4v) is 4.33. The highest BCUT2D eigenvalue weighted by Gasteiger charge is 2.38. The van der Waals surface area contributed by atoms with Crippen LogP contribution in [0.1, 0.15) is 48.2 Å². The Morgan fingerprint density at radius 1 is 1.03 bits per heavy atom. The topological polar surface area (TPSA) is 40.6 Å². The molecule has 2 heterocycles. The van der Waals surface area contributed by atoms with E-state index in [1.807, 2.05) is 47.4 Å². The molecule has 29 heavy (non-hydrogen) atoms. The fourth-order valence-electron chi connectivity index (χ4n) is 4.33. The molecule has 0 aliphatic carbocycles. The van der Waals surface area contributed by atoms with Crippen molar-refractivity contribution < 1.29 is 9.59 Å². The Bertz CT molecular complexity index is 933. The van der Waals surface area contributed by atoms with Crippen molar-refractivity contribution in [3.05, 3.63) is 77.4 Å². The molecule has 0 saturated heterocycles. The van der Waals surface area contributed by atoms with E-state index in [1.165, 1.54) is 11.1 Å². The molecule has 1 atom stereocenters. The van der Waals surface area contributed by atoms with Crippen LogP contribution >= 0.6 is 0 Å². The molecule has 2 aliphatic rings. The van der Waals surface area contributed by atoms with Crippen LogP contribution in [0.5, 0.6) is 0 Å². The van der Waals surface area contributed by atoms with Gasteiger partial charge in [0.15, 0.2) is 0 Å². The minimum atomic E-state index is -0.401. The standard InChI is InChI=1S/C25H28N2O2/c1-18(2)16-23(27-17-21-10-6-7-11-22(21)24(27)28)25(29)26-14-12-20(13-15-26)19-8-4-3-5-9-19/h3-12,18,23H,13-17H2,1-2H3/t23-/m1/s1. The van der Waals surface area contributed by atoms with Crippen molar-refractivity contribution in [3.8, 4) is 0 Å². The Balaban J connectivity index is 1.52. The molecule has 0 unspecified atom stereocenters. The van der Waals surface area contributed by atoms with Crippen molar-refractivity contribution >= 4 is 17.4 Å². The van der Waals surface area contributed by atoms with Gasteiger partial charge in [-0.1, -0.05) is 68.5 Å². The van der Waals surface area contributed by atoms with E-state index in [0.717, 1.165) is 17.5 Å². The third-order valence-corrected chi connectivity index (χ3v) is 5.87. The van der Waals surface area contributed by atoms with Gasteiger partial charge < -0.3 is 9.80 Å². The van der Waals surface area contributed by atoms with Crippen LogP contribution in [0.4, 0.5) is 0 Å². The molecule has 2 aliphatic heterocycles. The van der Waals surface area contributed by atoms with Gasteiger partial charge in [0, 0.05) is 25.2 Å². The fraction of sp³-hybridized carbons (Fsp3) is 0.360. The normalized spacial score (nSPS) is 17.3. The number of hydrogen-bond acceptors (Lipinski definition) is 2. The number of amides is 2. The Kier molecular flexibility index (Phi) is 5.52. The van der Waals surface area contributed by atoms with Gasteiger partial charge in [0.2, 0.25) is 5.91 Å². The Morgan fingerprint density at radius 2 is 1.76 bits per heavy atom. The summed E-state index contributed by atoms with van der Waals surface area (Å²) in [6, 6.07) is 17.6. The average Bonchev–Trinajstić information content (AvgIpc) is 3.09. The Hall–Kier alpha value is -2.88. The van der Waals surface area contributed by atoms with E-state index in [2.05, 4.69) is 32.1 Å². The quantitative estimate of drug-likeness (QED) is 0.763. The minimum Gasteiger partial charge on any atom is -0.337 e. The monoisotopic (exact) mass is 388 g/mol. The second-order valence-electron chi connectivity index (χ2n) is 8.37. The van der Waals surface area contributed by atoms with Gasteiger partial charge >= 0.3 is 0 Å². The van der Waals surface area contributed by atoms with Gasteiger partial charge in [-0.2, -0.15) is 0 Å². The van der Waals surface area contributed by atoms with E-state index in [0.29, 0.717) is 32.0 Å². The molecule has 150 valence electrons. The highest BCUT2D eigenvalue weighted by molar-refractivity contribution is 6.01. The number of hydrogen-bond donors (Lipinski definition) is 0. The lowest BCUT2D eigenvalue weighted by Crippen LogP contribution is -2.50. The lowest BCUT2D eigenvalue weighted by atomic mass is 9.97. The molecule has 0 radical (unpaired) electrons. The van der Waals surface area contributed by atoms with Gasteiger partial charge in [0.25, 0.3) is 5.91 Å². The summed E-state index contributed by atoms with van der Waals surface area (Å²) in [6.45, 7) is 6.04. The van der Waals surface area contributed by atoms with Crippen molar-refractivity contribution in [2.24, 2.45) is 5.92 Å². The molecule has 4 nitrogen and oxygen atoms in total. The van der Waals surface area contributed by atoms with Crippen molar-refractivity contribution in [3.63, 3.8) is 0 Å². The lowest BCUT2D eigenvalue weighted by Gasteiger charge is -2.35. The summed E-state index contributed by atoms with van der Waals surface area (Å²) in [6.07, 6.45) is 3.69. The summed E-state index contributed by atoms with van der Waals surface area (Å²) >= 11 is 0. The second-order valence-corrected chi connectivity index (χ2v) is 8.37. The zero-order valence-electron chi connectivity index (χ0n) is 17.2. The highest BCUT2D eigenvalue weighted by Crippen LogP contribution is 2.29. The van der Waals surface area contributed by atoms with Crippen molar-refractivity contribution in [1.82, 2.24) is 9.80 Å². The van der Waals surface area contributed by atoms with E-state index in [4.69, 9.17) is 0 Å². The summed E-state index contributed by atoms with van der Waals surface area (Å²) in [4.78, 5) is 30.1. The number of carbonyl (C=O) groups is 2. The highest BCUT2D eigenvalue weighted by atomic mass is 16.2. The first-order valence-corrected chi connectivity index (χ1v) is 10.5. The molecule has 0 N–H and O–H groups in total. The minimum absolute atomic E-state index is 0.0165. The smallest absolute Gasteiger partial charge is 0.255 e. The Labute approximate surface area is 172 Å². The molecule has 0 fully saturated rings. The average molecular weight is 389 g/mol. The third kappa shape index (κ3) is 3.98. The van der Waals surface area contributed by atoms with Gasteiger partial charge in [-0.3, -0.25) is 9.59 Å². The van der Waals surface area contributed by atoms with Crippen LogP contribution < -0.4 is 0 Å². The maximum atomic E-state index is 13.5. The summed E-state index contributed by atoms with van der Waals surface area (Å²) < 4.78 is 0. The van der Waals surface area contributed by atoms with Gasteiger partial charge in [-0.25, -0.2) is 0 Å². The number of rotatable bonds is 5. The van der Waals surface area contributed by atoms with Crippen LogP contribution in [0.3, 0.4) is 0 Å². The van der Waals surface area contributed by atoms with Gasteiger partial charge in [-0.15, -0.1) is 0 Å². The summed E-state index contributed by atoms with van der Waals surface area (Å²) in [5.74, 6) is 0.390. The zero-order chi connectivity index (χ0) is 20.4. The Morgan fingerprint density at radius 3 is 2.41 bits per heavy atom. The first-order chi connectivity index (χ1) is 14.0. The molecular weight excluding hydrogens is 360 g/mol. The first kappa shape index (κ1) is 19.4. The van der Waals surface area contributed by atoms with Gasteiger partial charge in [-0.05, 0) is 41.5 Å². The van der Waals surface area contributed by atoms with Crippen LogP contribution in [-0.2, 0) is 11.3 Å². The molecule has 0 aromatic heterocycles. The molecular formula is C25H28N2O2. The summed E-state index contributed by atoms with van der Waals surface area (Å²) in [5.41, 5.74) is 4.27. The van der Waals surface area contributed by atoms with E-state index < -0.39 is 6.04 Å². The van der Waals surface area contributed by atoms with Gasteiger partial charge in [0.05, 0.1) is 0 Å². The zero-order valence-corrected chi connectivity index (χ0v) is 17.2. The number of benzene rings is 2. The number of carbonyl (C=O) groups excluding carboxylic acids is 2. The summed E-state index contributed by atoms with van der Waals surface area (Å²) in [7, 11) is 0. The number of fused-ring (bicyclic) bond motifs is 1. The van der Waals surface area contributed by atoms with Crippen LogP contribution in [0.25, 0.3) is 5.57 Å². The molecule has 4 rings (SSSR count). The molecule has 2 aromatic carbocycles. The van der Waals surface area contributed by atoms with E-state index in [1.54, 1.807) is 4.90 Å². The van der Waals surface area contributed by atoms with Crippen molar-refractivity contribution in [1.29, 1.82) is 0 Å². The molecule has 0 saturated carbocycles. The van der Waals surface area contributed by atoms with E-state index in [-0.39, 0.29) is 11.8 Å². The van der Waals surface area contributed by atoms with Gasteiger partial charge in [0.1, 0.15) is 6.04 Å². The van der Waals surface area contributed by atoms with Crippen molar-refractivity contribution in [2.45, 2.75) is 39.3 Å². The molecule has 0 spiro atoms. The second kappa shape index (κ2) is 8.24. The molecule has 2 amide bonds. The predicted octanol–water partition coefficient (Wildman–Crippen LogP) is 4.37.